The summed E-state index contributed by atoms with van der Waals surface area (Å²) in [6.45, 7) is 3.95. The lowest BCUT2D eigenvalue weighted by Crippen LogP contribution is -2.42. The van der Waals surface area contributed by atoms with E-state index in [0.717, 1.165) is 5.56 Å². The summed E-state index contributed by atoms with van der Waals surface area (Å²) in [7, 11) is 1.83. The van der Waals surface area contributed by atoms with Crippen LogP contribution in [-0.2, 0) is 11.8 Å². The smallest absolute Gasteiger partial charge is 0.321 e. The molecule has 0 aliphatic heterocycles. The van der Waals surface area contributed by atoms with E-state index in [2.05, 4.69) is 25.8 Å². The molecular formula is C14H18N6O2S. The highest BCUT2D eigenvalue weighted by atomic mass is 32.2. The van der Waals surface area contributed by atoms with Gasteiger partial charge in [0.15, 0.2) is 11.0 Å². The van der Waals surface area contributed by atoms with Gasteiger partial charge in [-0.1, -0.05) is 11.8 Å². The summed E-state index contributed by atoms with van der Waals surface area (Å²) in [4.78, 5) is 27.3. The van der Waals surface area contributed by atoms with Crippen LogP contribution in [0.1, 0.15) is 13.8 Å². The van der Waals surface area contributed by atoms with Crippen molar-refractivity contribution in [2.45, 2.75) is 24.3 Å². The highest BCUT2D eigenvalue weighted by Crippen LogP contribution is 2.25. The number of carbonyl (C=O) groups excluding carboxylic acids is 2. The number of imide groups is 1. The van der Waals surface area contributed by atoms with Crippen molar-refractivity contribution < 1.29 is 9.59 Å². The van der Waals surface area contributed by atoms with Crippen molar-refractivity contribution in [3.63, 3.8) is 0 Å². The van der Waals surface area contributed by atoms with Crippen molar-refractivity contribution in [3.8, 4) is 11.4 Å². The van der Waals surface area contributed by atoms with Gasteiger partial charge in [0.05, 0.1) is 5.25 Å². The molecule has 1 unspecified atom stereocenters. The zero-order valence-electron chi connectivity index (χ0n) is 13.1. The topological polar surface area (TPSA) is 102 Å². The van der Waals surface area contributed by atoms with Crippen LogP contribution in [0.5, 0.6) is 0 Å². The lowest BCUT2D eigenvalue weighted by atomic mass is 10.2. The number of pyridine rings is 1. The van der Waals surface area contributed by atoms with Crippen LogP contribution in [0.25, 0.3) is 11.4 Å². The molecule has 2 N–H and O–H groups in total. The van der Waals surface area contributed by atoms with Crippen LogP contribution < -0.4 is 10.6 Å². The maximum absolute atomic E-state index is 12.0. The van der Waals surface area contributed by atoms with Gasteiger partial charge in [-0.25, -0.2) is 4.79 Å². The standard InChI is InChI=1S/C14H18N6O2S/c1-4-16-13(22)17-12(21)9(2)23-14-19-18-11(20(14)3)10-5-7-15-8-6-10/h5-9H,4H2,1-3H3,(H2,16,17,21,22). The summed E-state index contributed by atoms with van der Waals surface area (Å²) in [5, 5.41) is 13.2. The molecule has 0 saturated carbocycles. The fourth-order valence-corrected chi connectivity index (χ4v) is 2.61. The molecule has 1 atom stereocenters. The maximum Gasteiger partial charge on any atom is 0.321 e. The summed E-state index contributed by atoms with van der Waals surface area (Å²) in [6, 6.07) is 3.17. The van der Waals surface area contributed by atoms with Gasteiger partial charge >= 0.3 is 6.03 Å². The van der Waals surface area contributed by atoms with E-state index < -0.39 is 11.3 Å². The van der Waals surface area contributed by atoms with Crippen molar-refractivity contribution in [2.24, 2.45) is 7.05 Å². The normalized spacial score (nSPS) is 11.8. The van der Waals surface area contributed by atoms with Gasteiger partial charge in [0.1, 0.15) is 0 Å². The molecule has 0 saturated heterocycles. The van der Waals surface area contributed by atoms with Crippen LogP contribution in [0.4, 0.5) is 4.79 Å². The second kappa shape index (κ2) is 7.73. The number of aromatic nitrogens is 4. The third kappa shape index (κ3) is 4.28. The number of hydrogen-bond donors (Lipinski definition) is 2. The van der Waals surface area contributed by atoms with Gasteiger partial charge in [0, 0.05) is 31.5 Å². The van der Waals surface area contributed by atoms with Crippen LogP contribution in [0, 0.1) is 0 Å². The summed E-state index contributed by atoms with van der Waals surface area (Å²) in [6.07, 6.45) is 3.36. The van der Waals surface area contributed by atoms with E-state index in [0.29, 0.717) is 17.5 Å². The van der Waals surface area contributed by atoms with Gasteiger partial charge in [-0.2, -0.15) is 0 Å². The van der Waals surface area contributed by atoms with E-state index in [9.17, 15) is 9.59 Å². The van der Waals surface area contributed by atoms with Crippen LogP contribution in [0.15, 0.2) is 29.7 Å². The molecule has 9 heteroatoms. The Morgan fingerprint density at radius 1 is 1.30 bits per heavy atom. The molecule has 0 radical (unpaired) electrons. The van der Waals surface area contributed by atoms with E-state index in [-0.39, 0.29) is 5.91 Å². The Morgan fingerprint density at radius 3 is 2.65 bits per heavy atom. The molecule has 0 spiro atoms. The first-order valence-electron chi connectivity index (χ1n) is 7.08. The lowest BCUT2D eigenvalue weighted by molar-refractivity contribution is -0.119. The number of thioether (sulfide) groups is 1. The average molecular weight is 334 g/mol. The third-order valence-electron chi connectivity index (χ3n) is 3.00. The molecule has 0 aliphatic carbocycles. The van der Waals surface area contributed by atoms with Gasteiger partial charge in [0.25, 0.3) is 0 Å². The van der Waals surface area contributed by atoms with E-state index in [1.54, 1.807) is 30.8 Å². The molecular weight excluding hydrogens is 316 g/mol. The Morgan fingerprint density at radius 2 is 2.00 bits per heavy atom. The SMILES string of the molecule is CCNC(=O)NC(=O)C(C)Sc1nnc(-c2ccncc2)n1C. The quantitative estimate of drug-likeness (QED) is 0.797. The number of nitrogens with one attached hydrogen (secondary N) is 2. The Balaban J connectivity index is 2.05. The molecule has 2 heterocycles. The summed E-state index contributed by atoms with van der Waals surface area (Å²) in [5.41, 5.74) is 0.890. The predicted octanol–water partition coefficient (Wildman–Crippen LogP) is 1.20. The molecule has 0 fully saturated rings. The summed E-state index contributed by atoms with van der Waals surface area (Å²) in [5.74, 6) is 0.306. The first kappa shape index (κ1) is 16.9. The molecule has 0 bridgehead atoms. The Bertz CT molecular complexity index is 688. The van der Waals surface area contributed by atoms with Crippen molar-refractivity contribution in [3.05, 3.63) is 24.5 Å². The number of amides is 3. The highest BCUT2D eigenvalue weighted by Gasteiger charge is 2.20. The van der Waals surface area contributed by atoms with Crippen molar-refractivity contribution in [1.29, 1.82) is 0 Å². The van der Waals surface area contributed by atoms with Gasteiger partial charge in [0.2, 0.25) is 5.91 Å². The van der Waals surface area contributed by atoms with Crippen LogP contribution in [-0.4, -0.2) is 43.5 Å². The van der Waals surface area contributed by atoms with Gasteiger partial charge in [-0.15, -0.1) is 10.2 Å². The Labute approximate surface area is 138 Å². The second-order valence-electron chi connectivity index (χ2n) is 4.71. The van der Waals surface area contributed by atoms with E-state index in [1.807, 2.05) is 19.2 Å². The predicted molar refractivity (Wildman–Crippen MR) is 86.8 cm³/mol. The second-order valence-corrected chi connectivity index (χ2v) is 6.02. The average Bonchev–Trinajstić information content (AvgIpc) is 2.89. The maximum atomic E-state index is 12.0. The number of nitrogens with zero attached hydrogens (tertiary/aromatic N) is 4. The number of hydrogen-bond acceptors (Lipinski definition) is 6. The minimum atomic E-state index is -0.500. The van der Waals surface area contributed by atoms with Crippen LogP contribution in [0.3, 0.4) is 0 Å². The minimum absolute atomic E-state index is 0.380. The van der Waals surface area contributed by atoms with E-state index in [4.69, 9.17) is 0 Å². The molecule has 8 nitrogen and oxygen atoms in total. The zero-order valence-corrected chi connectivity index (χ0v) is 13.9. The van der Waals surface area contributed by atoms with Crippen LogP contribution >= 0.6 is 11.8 Å². The molecule has 3 amide bonds. The fourth-order valence-electron chi connectivity index (χ4n) is 1.80. The molecule has 0 aliphatic rings. The zero-order chi connectivity index (χ0) is 16.8. The Kier molecular flexibility index (Phi) is 5.69. The first-order valence-corrected chi connectivity index (χ1v) is 7.96. The van der Waals surface area contributed by atoms with Crippen molar-refractivity contribution in [1.82, 2.24) is 30.4 Å². The minimum Gasteiger partial charge on any atom is -0.338 e. The number of carbonyl (C=O) groups is 2. The van der Waals surface area contributed by atoms with Gasteiger partial charge in [-0.05, 0) is 26.0 Å². The van der Waals surface area contributed by atoms with Gasteiger partial charge < -0.3 is 9.88 Å². The number of urea groups is 1. The molecule has 2 rings (SSSR count). The summed E-state index contributed by atoms with van der Waals surface area (Å²) < 4.78 is 1.80. The molecule has 2 aromatic rings. The molecule has 0 aromatic carbocycles. The van der Waals surface area contributed by atoms with Crippen molar-refractivity contribution in [2.75, 3.05) is 6.54 Å². The lowest BCUT2D eigenvalue weighted by Gasteiger charge is -2.11. The van der Waals surface area contributed by atoms with Crippen LogP contribution in [0.2, 0.25) is 0 Å². The van der Waals surface area contributed by atoms with E-state index >= 15 is 0 Å². The van der Waals surface area contributed by atoms with Gasteiger partial charge in [-0.3, -0.25) is 15.1 Å². The first-order chi connectivity index (χ1) is 11.0. The Hall–Kier alpha value is -2.42. The molecule has 122 valence electrons. The third-order valence-corrected chi connectivity index (χ3v) is 4.13. The summed E-state index contributed by atoms with van der Waals surface area (Å²) >= 11 is 1.24. The number of rotatable bonds is 5. The monoisotopic (exact) mass is 334 g/mol. The largest absolute Gasteiger partial charge is 0.338 e. The molecule has 2 aromatic heterocycles. The molecule has 23 heavy (non-hydrogen) atoms. The van der Waals surface area contributed by atoms with E-state index in [1.165, 1.54) is 11.8 Å². The highest BCUT2D eigenvalue weighted by molar-refractivity contribution is 8.00. The van der Waals surface area contributed by atoms with Crippen molar-refractivity contribution >= 4 is 23.7 Å². The fraction of sp³-hybridized carbons (Fsp3) is 0.357.